The van der Waals surface area contributed by atoms with Gasteiger partial charge in [-0.05, 0) is 30.2 Å². The fourth-order valence-corrected chi connectivity index (χ4v) is 1.47. The number of carbonyl (C=O) groups is 1. The quantitative estimate of drug-likeness (QED) is 0.738. The van der Waals surface area contributed by atoms with E-state index in [2.05, 4.69) is 19.2 Å². The van der Waals surface area contributed by atoms with E-state index in [1.54, 1.807) is 0 Å². The Labute approximate surface area is 109 Å². The lowest BCUT2D eigenvalue weighted by Crippen LogP contribution is -2.20. The summed E-state index contributed by atoms with van der Waals surface area (Å²) >= 11 is 0. The van der Waals surface area contributed by atoms with Crippen LogP contribution in [-0.4, -0.2) is 19.1 Å². The van der Waals surface area contributed by atoms with E-state index in [4.69, 9.17) is 10.5 Å². The second kappa shape index (κ2) is 7.71. The zero-order valence-corrected chi connectivity index (χ0v) is 11.1. The number of nitrogens with two attached hydrogens (primary N) is 1. The number of hydrogen-bond donors (Lipinski definition) is 2. The third-order valence-corrected chi connectivity index (χ3v) is 2.82. The van der Waals surface area contributed by atoms with Crippen molar-refractivity contribution in [1.82, 2.24) is 5.32 Å². The van der Waals surface area contributed by atoms with E-state index in [1.165, 1.54) is 12.0 Å². The Morgan fingerprint density at radius 3 is 2.61 bits per heavy atom. The second-order valence-corrected chi connectivity index (χ2v) is 4.54. The molecule has 1 aromatic rings. The monoisotopic (exact) mass is 250 g/mol. The lowest BCUT2D eigenvalue weighted by Gasteiger charge is -2.10. The molecule has 0 heterocycles. The molecule has 0 aliphatic carbocycles. The van der Waals surface area contributed by atoms with Crippen molar-refractivity contribution in [3.63, 3.8) is 0 Å². The largest absolute Gasteiger partial charge is 0.484 e. The first kappa shape index (κ1) is 14.5. The average Bonchev–Trinajstić information content (AvgIpc) is 2.37. The van der Waals surface area contributed by atoms with Crippen molar-refractivity contribution in [1.29, 1.82) is 0 Å². The van der Waals surface area contributed by atoms with Gasteiger partial charge in [-0.25, -0.2) is 0 Å². The third kappa shape index (κ3) is 5.68. The Bertz CT molecular complexity index is 363. The highest BCUT2D eigenvalue weighted by Gasteiger charge is 2.00. The number of hydrogen-bond acceptors (Lipinski definition) is 3. The molecule has 0 spiro atoms. The summed E-state index contributed by atoms with van der Waals surface area (Å²) in [6.45, 7) is 6.22. The van der Waals surface area contributed by atoms with Crippen molar-refractivity contribution in [2.45, 2.75) is 26.8 Å². The first-order chi connectivity index (χ1) is 8.61. The summed E-state index contributed by atoms with van der Waals surface area (Å²) < 4.78 is 5.19. The van der Waals surface area contributed by atoms with Crippen LogP contribution < -0.4 is 15.8 Å². The summed E-state index contributed by atoms with van der Waals surface area (Å²) in [7, 11) is 0. The lowest BCUT2D eigenvalue weighted by atomic mass is 10.1. The molecule has 1 aromatic carbocycles. The first-order valence-corrected chi connectivity index (χ1v) is 6.32. The maximum absolute atomic E-state index is 10.6. The van der Waals surface area contributed by atoms with Gasteiger partial charge in [-0.3, -0.25) is 4.79 Å². The van der Waals surface area contributed by atoms with Gasteiger partial charge in [0.05, 0.1) is 0 Å². The zero-order chi connectivity index (χ0) is 13.4. The normalized spacial score (nSPS) is 12.1. The van der Waals surface area contributed by atoms with Crippen LogP contribution in [0.25, 0.3) is 0 Å². The van der Waals surface area contributed by atoms with Crippen LogP contribution in [0.1, 0.15) is 25.8 Å². The zero-order valence-electron chi connectivity index (χ0n) is 11.1. The van der Waals surface area contributed by atoms with Gasteiger partial charge in [-0.1, -0.05) is 32.4 Å². The number of benzene rings is 1. The predicted octanol–water partition coefficient (Wildman–Crippen LogP) is 1.69. The van der Waals surface area contributed by atoms with Gasteiger partial charge in [-0.15, -0.1) is 0 Å². The molecule has 4 heteroatoms. The molecule has 100 valence electrons. The van der Waals surface area contributed by atoms with Crippen LogP contribution in [0.15, 0.2) is 24.3 Å². The number of carbonyl (C=O) groups excluding carboxylic acids is 1. The molecule has 0 saturated carbocycles. The number of primary amides is 1. The molecule has 0 radical (unpaired) electrons. The molecule has 1 unspecified atom stereocenters. The topological polar surface area (TPSA) is 64.3 Å². The van der Waals surface area contributed by atoms with Crippen molar-refractivity contribution < 1.29 is 9.53 Å². The number of rotatable bonds is 8. The Balaban J connectivity index is 2.33. The minimum absolute atomic E-state index is 0.0778. The maximum atomic E-state index is 10.6. The minimum Gasteiger partial charge on any atom is -0.484 e. The summed E-state index contributed by atoms with van der Waals surface area (Å²) in [6.07, 6.45) is 1.19. The van der Waals surface area contributed by atoms with Gasteiger partial charge in [0.15, 0.2) is 6.61 Å². The van der Waals surface area contributed by atoms with Crippen molar-refractivity contribution in [3.05, 3.63) is 29.8 Å². The fourth-order valence-electron chi connectivity index (χ4n) is 1.47. The summed E-state index contributed by atoms with van der Waals surface area (Å²) in [4.78, 5) is 10.6. The molecule has 18 heavy (non-hydrogen) atoms. The lowest BCUT2D eigenvalue weighted by molar-refractivity contribution is -0.119. The summed E-state index contributed by atoms with van der Waals surface area (Å²) in [5.41, 5.74) is 6.20. The highest BCUT2D eigenvalue weighted by atomic mass is 16.5. The van der Waals surface area contributed by atoms with Gasteiger partial charge < -0.3 is 15.8 Å². The van der Waals surface area contributed by atoms with Gasteiger partial charge >= 0.3 is 0 Å². The summed E-state index contributed by atoms with van der Waals surface area (Å²) in [5.74, 6) is 0.900. The molecule has 0 aromatic heterocycles. The Hall–Kier alpha value is -1.55. The maximum Gasteiger partial charge on any atom is 0.255 e. The standard InChI is InChI=1S/C14H22N2O2/c1-3-11(2)8-16-9-12-4-6-13(7-5-12)18-10-14(15)17/h4-7,11,16H,3,8-10H2,1-2H3,(H2,15,17). The first-order valence-electron chi connectivity index (χ1n) is 6.32. The van der Waals surface area contributed by atoms with Crippen molar-refractivity contribution in [2.75, 3.05) is 13.2 Å². The van der Waals surface area contributed by atoms with E-state index < -0.39 is 5.91 Å². The van der Waals surface area contributed by atoms with Gasteiger partial charge in [0.2, 0.25) is 0 Å². The van der Waals surface area contributed by atoms with Gasteiger partial charge in [0.1, 0.15) is 5.75 Å². The van der Waals surface area contributed by atoms with Crippen LogP contribution in [0.5, 0.6) is 5.75 Å². The van der Waals surface area contributed by atoms with Gasteiger partial charge in [-0.2, -0.15) is 0 Å². The van der Waals surface area contributed by atoms with E-state index in [0.717, 1.165) is 13.1 Å². The van der Waals surface area contributed by atoms with E-state index in [-0.39, 0.29) is 6.61 Å². The van der Waals surface area contributed by atoms with Crippen LogP contribution in [0.3, 0.4) is 0 Å². The molecule has 1 atom stereocenters. The highest BCUT2D eigenvalue weighted by molar-refractivity contribution is 5.75. The van der Waals surface area contributed by atoms with Crippen LogP contribution in [0, 0.1) is 5.92 Å². The van der Waals surface area contributed by atoms with E-state index in [9.17, 15) is 4.79 Å². The second-order valence-electron chi connectivity index (χ2n) is 4.54. The molecular formula is C14H22N2O2. The highest BCUT2D eigenvalue weighted by Crippen LogP contribution is 2.12. The SMILES string of the molecule is CCC(C)CNCc1ccc(OCC(N)=O)cc1. The van der Waals surface area contributed by atoms with Crippen LogP contribution in [-0.2, 0) is 11.3 Å². The van der Waals surface area contributed by atoms with Crippen LogP contribution in [0.4, 0.5) is 0 Å². The van der Waals surface area contributed by atoms with Crippen LogP contribution >= 0.6 is 0 Å². The molecule has 4 nitrogen and oxygen atoms in total. The van der Waals surface area contributed by atoms with E-state index in [0.29, 0.717) is 11.7 Å². The van der Waals surface area contributed by atoms with E-state index in [1.807, 2.05) is 24.3 Å². The summed E-state index contributed by atoms with van der Waals surface area (Å²) in [6, 6.07) is 7.67. The Morgan fingerprint density at radius 1 is 1.39 bits per heavy atom. The van der Waals surface area contributed by atoms with Gasteiger partial charge in [0, 0.05) is 6.54 Å². The minimum atomic E-state index is -0.464. The number of nitrogens with one attached hydrogen (secondary N) is 1. The molecule has 1 amide bonds. The van der Waals surface area contributed by atoms with Crippen molar-refractivity contribution in [3.8, 4) is 5.75 Å². The summed E-state index contributed by atoms with van der Waals surface area (Å²) in [5, 5.41) is 3.41. The average molecular weight is 250 g/mol. The molecule has 1 rings (SSSR count). The van der Waals surface area contributed by atoms with Gasteiger partial charge in [0.25, 0.3) is 5.91 Å². The molecule has 0 bridgehead atoms. The molecule has 3 N–H and O–H groups in total. The molecule has 0 aliphatic heterocycles. The number of ether oxygens (including phenoxy) is 1. The Morgan fingerprint density at radius 2 is 2.06 bits per heavy atom. The number of amides is 1. The predicted molar refractivity (Wildman–Crippen MR) is 72.3 cm³/mol. The van der Waals surface area contributed by atoms with Crippen molar-refractivity contribution >= 4 is 5.91 Å². The van der Waals surface area contributed by atoms with Crippen molar-refractivity contribution in [2.24, 2.45) is 11.7 Å². The van der Waals surface area contributed by atoms with E-state index >= 15 is 0 Å². The third-order valence-electron chi connectivity index (χ3n) is 2.82. The smallest absolute Gasteiger partial charge is 0.255 e. The molecule has 0 saturated heterocycles. The van der Waals surface area contributed by atoms with Crippen LogP contribution in [0.2, 0.25) is 0 Å². The fraction of sp³-hybridized carbons (Fsp3) is 0.500. The molecular weight excluding hydrogens is 228 g/mol. The Kier molecular flexibility index (Phi) is 6.22. The molecule has 0 fully saturated rings. The molecule has 0 aliphatic rings.